The van der Waals surface area contributed by atoms with Crippen LogP contribution in [-0.2, 0) is 11.8 Å². The van der Waals surface area contributed by atoms with Crippen molar-refractivity contribution in [1.29, 1.82) is 0 Å². The monoisotopic (exact) mass is 442 g/mol. The summed E-state index contributed by atoms with van der Waals surface area (Å²) in [7, 11) is 0. The molecule has 0 amide bonds. The van der Waals surface area contributed by atoms with E-state index >= 15 is 0 Å². The van der Waals surface area contributed by atoms with Crippen LogP contribution in [0, 0.1) is 6.92 Å². The van der Waals surface area contributed by atoms with Crippen molar-refractivity contribution in [3.8, 4) is 23.0 Å². The van der Waals surface area contributed by atoms with Gasteiger partial charge in [-0.3, -0.25) is 0 Å². The largest absolute Gasteiger partial charge is 0.508 e. The van der Waals surface area contributed by atoms with Gasteiger partial charge in [0.2, 0.25) is 0 Å². The van der Waals surface area contributed by atoms with Crippen LogP contribution in [0.1, 0.15) is 41.7 Å². The molecular weight excluding hydrogens is 412 g/mol. The molecule has 4 aromatic carbocycles. The number of aryl methyl sites for hydroxylation is 1. The van der Waals surface area contributed by atoms with Crippen LogP contribution in [-0.4, -0.2) is 20.4 Å². The van der Waals surface area contributed by atoms with Crippen LogP contribution in [0.25, 0.3) is 0 Å². The summed E-state index contributed by atoms with van der Waals surface area (Å²) in [5.41, 5.74) is 4.55. The van der Waals surface area contributed by atoms with E-state index < -0.39 is 0 Å². The van der Waals surface area contributed by atoms with E-state index in [0.29, 0.717) is 6.42 Å². The van der Waals surface area contributed by atoms with Gasteiger partial charge >= 0.3 is 0 Å². The molecule has 0 radical (unpaired) electrons. The van der Waals surface area contributed by atoms with Crippen molar-refractivity contribution in [3.05, 3.63) is 119 Å². The predicted octanol–water partition coefficient (Wildman–Crippen LogP) is 6.42. The molecule has 0 saturated heterocycles. The molecule has 33 heavy (non-hydrogen) atoms. The maximum atomic E-state index is 9.92. The first kappa shape index (κ1) is 23.7. The summed E-state index contributed by atoms with van der Waals surface area (Å²) < 4.78 is 0. The summed E-state index contributed by atoms with van der Waals surface area (Å²) in [6, 6.07) is 27.3. The third kappa shape index (κ3) is 6.07. The van der Waals surface area contributed by atoms with Gasteiger partial charge in [0.25, 0.3) is 0 Å². The minimum Gasteiger partial charge on any atom is -0.508 e. The SMILES string of the molecule is CC(C)(c1ccccc1)c1cc(O)ccc1O.Cc1ccc(Cc2cc(O)ccc2O)cc1. The van der Waals surface area contributed by atoms with E-state index in [0.717, 1.165) is 22.3 Å². The quantitative estimate of drug-likeness (QED) is 0.275. The van der Waals surface area contributed by atoms with Crippen molar-refractivity contribution in [2.75, 3.05) is 0 Å². The van der Waals surface area contributed by atoms with Crippen LogP contribution in [0.5, 0.6) is 23.0 Å². The van der Waals surface area contributed by atoms with Crippen LogP contribution < -0.4 is 0 Å². The maximum absolute atomic E-state index is 9.92. The number of benzene rings is 4. The molecule has 170 valence electrons. The Labute approximate surface area is 195 Å². The van der Waals surface area contributed by atoms with E-state index in [4.69, 9.17) is 0 Å². The molecule has 0 aliphatic heterocycles. The fourth-order valence-electron chi connectivity index (χ4n) is 3.67. The van der Waals surface area contributed by atoms with Gasteiger partial charge in [-0.05, 0) is 54.4 Å². The molecular formula is C29H30O4. The summed E-state index contributed by atoms with van der Waals surface area (Å²) in [5, 5.41) is 38.4. The second-order valence-corrected chi connectivity index (χ2v) is 8.67. The zero-order valence-corrected chi connectivity index (χ0v) is 19.2. The molecule has 0 bridgehead atoms. The van der Waals surface area contributed by atoms with Crippen molar-refractivity contribution in [2.45, 2.75) is 32.6 Å². The van der Waals surface area contributed by atoms with Gasteiger partial charge in [-0.1, -0.05) is 74.0 Å². The minimum absolute atomic E-state index is 0.168. The van der Waals surface area contributed by atoms with E-state index in [2.05, 4.69) is 0 Å². The molecule has 0 fully saturated rings. The third-order valence-corrected chi connectivity index (χ3v) is 5.73. The number of aromatic hydroxyl groups is 4. The molecule has 4 N–H and O–H groups in total. The Bertz CT molecular complexity index is 1200. The molecule has 4 heteroatoms. The Morgan fingerprint density at radius 3 is 1.85 bits per heavy atom. The molecule has 0 heterocycles. The van der Waals surface area contributed by atoms with E-state index in [1.54, 1.807) is 12.1 Å². The van der Waals surface area contributed by atoms with Gasteiger partial charge in [0.15, 0.2) is 0 Å². The topological polar surface area (TPSA) is 80.9 Å². The van der Waals surface area contributed by atoms with Crippen molar-refractivity contribution in [3.63, 3.8) is 0 Å². The Morgan fingerprint density at radius 1 is 0.636 bits per heavy atom. The zero-order valence-electron chi connectivity index (χ0n) is 19.2. The molecule has 4 nitrogen and oxygen atoms in total. The standard InChI is InChI=1S/C15H16O2.C14H14O2/c1-15(2,11-6-4-3-5-7-11)13-10-12(16)8-9-14(13)17;1-10-2-4-11(5-3-10)8-12-9-13(15)6-7-14(12)16/h3-10,16-17H,1-2H3;2-7,9,15-16H,8H2,1H3. The number of rotatable bonds is 4. The fraction of sp³-hybridized carbons (Fsp3) is 0.172. The van der Waals surface area contributed by atoms with Gasteiger partial charge in [0.05, 0.1) is 0 Å². The normalized spacial score (nSPS) is 10.9. The van der Waals surface area contributed by atoms with Gasteiger partial charge in [0.1, 0.15) is 23.0 Å². The highest BCUT2D eigenvalue weighted by Gasteiger charge is 2.26. The maximum Gasteiger partial charge on any atom is 0.119 e. The lowest BCUT2D eigenvalue weighted by molar-refractivity contribution is 0.441. The molecule has 4 aromatic rings. The molecule has 0 aliphatic rings. The average molecular weight is 443 g/mol. The minimum atomic E-state index is -0.343. The smallest absolute Gasteiger partial charge is 0.119 e. The highest BCUT2D eigenvalue weighted by atomic mass is 16.3. The summed E-state index contributed by atoms with van der Waals surface area (Å²) in [4.78, 5) is 0. The van der Waals surface area contributed by atoms with Gasteiger partial charge in [-0.25, -0.2) is 0 Å². The summed E-state index contributed by atoms with van der Waals surface area (Å²) >= 11 is 0. The molecule has 0 saturated carbocycles. The van der Waals surface area contributed by atoms with E-state index in [-0.39, 0.29) is 28.4 Å². The van der Waals surface area contributed by atoms with Crippen LogP contribution >= 0.6 is 0 Å². The highest BCUT2D eigenvalue weighted by molar-refractivity contribution is 5.48. The first-order valence-electron chi connectivity index (χ1n) is 10.8. The van der Waals surface area contributed by atoms with Crippen LogP contribution in [0.4, 0.5) is 0 Å². The summed E-state index contributed by atoms with van der Waals surface area (Å²) in [6.07, 6.45) is 0.626. The lowest BCUT2D eigenvalue weighted by atomic mass is 9.77. The van der Waals surface area contributed by atoms with Crippen molar-refractivity contribution < 1.29 is 20.4 Å². The van der Waals surface area contributed by atoms with Gasteiger partial charge < -0.3 is 20.4 Å². The number of phenols is 4. The highest BCUT2D eigenvalue weighted by Crippen LogP contribution is 2.38. The predicted molar refractivity (Wildman–Crippen MR) is 132 cm³/mol. The fourth-order valence-corrected chi connectivity index (χ4v) is 3.67. The number of phenolic OH excluding ortho intramolecular Hbond substituents is 4. The van der Waals surface area contributed by atoms with Crippen LogP contribution in [0.15, 0.2) is 91.0 Å². The first-order valence-corrected chi connectivity index (χ1v) is 10.8. The second kappa shape index (κ2) is 10.1. The molecule has 0 aliphatic carbocycles. The Morgan fingerprint density at radius 2 is 1.21 bits per heavy atom. The van der Waals surface area contributed by atoms with Gasteiger partial charge in [-0.2, -0.15) is 0 Å². The van der Waals surface area contributed by atoms with E-state index in [1.165, 1.54) is 29.8 Å². The average Bonchev–Trinajstić information content (AvgIpc) is 2.80. The Hall–Kier alpha value is -3.92. The molecule has 0 atom stereocenters. The number of hydrogen-bond donors (Lipinski definition) is 4. The van der Waals surface area contributed by atoms with Crippen molar-refractivity contribution >= 4 is 0 Å². The lowest BCUT2D eigenvalue weighted by Gasteiger charge is -2.26. The number of hydrogen-bond acceptors (Lipinski definition) is 4. The Kier molecular flexibility index (Phi) is 7.29. The third-order valence-electron chi connectivity index (χ3n) is 5.73. The molecule has 4 rings (SSSR count). The second-order valence-electron chi connectivity index (χ2n) is 8.67. The summed E-state index contributed by atoms with van der Waals surface area (Å²) in [6.45, 7) is 6.09. The van der Waals surface area contributed by atoms with Gasteiger partial charge in [-0.15, -0.1) is 0 Å². The van der Waals surface area contributed by atoms with E-state index in [1.807, 2.05) is 75.4 Å². The van der Waals surface area contributed by atoms with Crippen LogP contribution in [0.2, 0.25) is 0 Å². The zero-order chi connectivity index (χ0) is 24.0. The molecule has 0 aromatic heterocycles. The van der Waals surface area contributed by atoms with Crippen LogP contribution in [0.3, 0.4) is 0 Å². The van der Waals surface area contributed by atoms with E-state index in [9.17, 15) is 20.4 Å². The lowest BCUT2D eigenvalue weighted by Crippen LogP contribution is -2.18. The Balaban J connectivity index is 0.000000186. The molecule has 0 unspecified atom stereocenters. The van der Waals surface area contributed by atoms with Crippen molar-refractivity contribution in [2.24, 2.45) is 0 Å². The molecule has 0 spiro atoms. The first-order chi connectivity index (χ1) is 15.7. The van der Waals surface area contributed by atoms with Gasteiger partial charge in [0, 0.05) is 23.0 Å². The summed E-state index contributed by atoms with van der Waals surface area (Å²) in [5.74, 6) is 0.775. The van der Waals surface area contributed by atoms with Crippen molar-refractivity contribution in [1.82, 2.24) is 0 Å².